The summed E-state index contributed by atoms with van der Waals surface area (Å²) >= 11 is 6.39. The van der Waals surface area contributed by atoms with Crippen LogP contribution in [0.4, 0.5) is 14.5 Å². The van der Waals surface area contributed by atoms with Crippen molar-refractivity contribution < 1.29 is 33.0 Å². The second kappa shape index (κ2) is 12.2. The third-order valence-electron chi connectivity index (χ3n) is 8.10. The SMILES string of the molecule is Cn1cc(C(=O)Nc2cc(F)c(CC(=O)N3C[C@@H](F)C[C@H]3CO[C@H]3CC[C@H](C(=O)O)CC3)cc2Cl)c2ccccc21. The lowest BCUT2D eigenvalue weighted by Gasteiger charge is -2.30. The molecule has 1 aliphatic heterocycles. The van der Waals surface area contributed by atoms with Gasteiger partial charge in [-0.25, -0.2) is 8.78 Å². The molecule has 1 aromatic heterocycles. The number of benzene rings is 2. The van der Waals surface area contributed by atoms with Gasteiger partial charge >= 0.3 is 5.97 Å². The van der Waals surface area contributed by atoms with E-state index in [1.54, 1.807) is 6.20 Å². The zero-order valence-electron chi connectivity index (χ0n) is 22.6. The average Bonchev–Trinajstić information content (AvgIpc) is 3.50. The number of carboxylic acid groups (broad SMARTS) is 1. The number of para-hydroxylation sites is 1. The summed E-state index contributed by atoms with van der Waals surface area (Å²) in [6.07, 6.45) is 2.40. The van der Waals surface area contributed by atoms with Crippen molar-refractivity contribution in [3.63, 3.8) is 0 Å². The minimum Gasteiger partial charge on any atom is -0.481 e. The second-order valence-electron chi connectivity index (χ2n) is 10.9. The number of carbonyl (C=O) groups excluding carboxylic acids is 2. The number of carbonyl (C=O) groups is 3. The Hall–Kier alpha value is -3.50. The maximum Gasteiger partial charge on any atom is 0.306 e. The molecular weight excluding hydrogens is 556 g/mol. The quantitative estimate of drug-likeness (QED) is 0.369. The molecule has 5 rings (SSSR count). The van der Waals surface area contributed by atoms with Crippen molar-refractivity contribution in [1.82, 2.24) is 9.47 Å². The maximum atomic E-state index is 15.1. The average molecular weight is 588 g/mol. The number of hydrogen-bond donors (Lipinski definition) is 2. The van der Waals surface area contributed by atoms with Gasteiger partial charge in [0.1, 0.15) is 12.0 Å². The van der Waals surface area contributed by atoms with Gasteiger partial charge in [0.2, 0.25) is 5.91 Å². The highest BCUT2D eigenvalue weighted by Gasteiger charge is 2.36. The highest BCUT2D eigenvalue weighted by atomic mass is 35.5. The Bertz CT molecular complexity index is 1470. The molecule has 1 aliphatic carbocycles. The van der Waals surface area contributed by atoms with Crippen LogP contribution in [0.15, 0.2) is 42.6 Å². The van der Waals surface area contributed by atoms with Crippen molar-refractivity contribution in [3.05, 3.63) is 64.6 Å². The highest BCUT2D eigenvalue weighted by molar-refractivity contribution is 6.34. The number of rotatable bonds is 8. The highest BCUT2D eigenvalue weighted by Crippen LogP contribution is 2.31. The topological polar surface area (TPSA) is 101 Å². The second-order valence-corrected chi connectivity index (χ2v) is 11.3. The van der Waals surface area contributed by atoms with Crippen LogP contribution in [0.2, 0.25) is 5.02 Å². The van der Waals surface area contributed by atoms with Gasteiger partial charge in [-0.1, -0.05) is 29.8 Å². The van der Waals surface area contributed by atoms with E-state index in [4.69, 9.17) is 21.4 Å². The normalized spacial score (nSPS) is 22.7. The Morgan fingerprint density at radius 3 is 2.61 bits per heavy atom. The smallest absolute Gasteiger partial charge is 0.306 e. The fraction of sp³-hybridized carbons (Fsp3) is 0.433. The summed E-state index contributed by atoms with van der Waals surface area (Å²) in [5, 5.41) is 12.6. The number of hydrogen-bond acceptors (Lipinski definition) is 4. The molecule has 3 aromatic rings. The molecule has 2 aliphatic rings. The first kappa shape index (κ1) is 29.0. The van der Waals surface area contributed by atoms with Gasteiger partial charge < -0.3 is 24.6 Å². The van der Waals surface area contributed by atoms with Gasteiger partial charge in [0.15, 0.2) is 0 Å². The number of nitrogens with zero attached hydrogens (tertiary/aromatic N) is 2. The number of alkyl halides is 1. The number of fused-ring (bicyclic) bond motifs is 1. The van der Waals surface area contributed by atoms with Gasteiger partial charge in [-0.05, 0) is 49.4 Å². The number of anilines is 1. The molecule has 11 heteroatoms. The van der Waals surface area contributed by atoms with E-state index >= 15 is 4.39 Å². The van der Waals surface area contributed by atoms with Crippen LogP contribution in [0.5, 0.6) is 0 Å². The lowest BCUT2D eigenvalue weighted by Crippen LogP contribution is -2.40. The Morgan fingerprint density at radius 1 is 1.15 bits per heavy atom. The lowest BCUT2D eigenvalue weighted by atomic mass is 9.87. The fourth-order valence-corrected chi connectivity index (χ4v) is 6.08. The third-order valence-corrected chi connectivity index (χ3v) is 8.41. The van der Waals surface area contributed by atoms with Crippen LogP contribution in [0.3, 0.4) is 0 Å². The summed E-state index contributed by atoms with van der Waals surface area (Å²) in [7, 11) is 1.83. The van der Waals surface area contributed by atoms with Crippen LogP contribution < -0.4 is 5.32 Å². The number of halogens is 3. The van der Waals surface area contributed by atoms with Gasteiger partial charge in [-0.3, -0.25) is 14.4 Å². The molecule has 218 valence electrons. The molecule has 2 amide bonds. The fourth-order valence-electron chi connectivity index (χ4n) is 5.84. The van der Waals surface area contributed by atoms with E-state index in [-0.39, 0.29) is 54.3 Å². The molecule has 2 aromatic carbocycles. The first-order chi connectivity index (χ1) is 19.6. The van der Waals surface area contributed by atoms with E-state index in [1.807, 2.05) is 35.9 Å². The molecule has 2 heterocycles. The van der Waals surface area contributed by atoms with Gasteiger partial charge in [0.05, 0.1) is 53.9 Å². The van der Waals surface area contributed by atoms with E-state index in [0.717, 1.165) is 17.0 Å². The monoisotopic (exact) mass is 587 g/mol. The molecular formula is C30H32ClF2N3O5. The molecule has 41 heavy (non-hydrogen) atoms. The van der Waals surface area contributed by atoms with Gasteiger partial charge in [-0.15, -0.1) is 0 Å². The first-order valence-electron chi connectivity index (χ1n) is 13.7. The number of aryl methyl sites for hydroxylation is 1. The Balaban J connectivity index is 1.21. The molecule has 2 N–H and O–H groups in total. The van der Waals surface area contributed by atoms with E-state index in [2.05, 4.69) is 5.32 Å². The lowest BCUT2D eigenvalue weighted by molar-refractivity contribution is -0.144. The standard InChI is InChI=1S/C30H32ClF2N3O5/c1-35-15-23(22-4-2-3-5-27(22)35)29(38)34-26-13-25(33)18(10-24(26)31)11-28(37)36-14-19(32)12-20(36)16-41-21-8-6-17(7-9-21)30(39)40/h2-5,10,13,15,17,19-21H,6-9,11-12,14,16H2,1H3,(H,34,38)(H,39,40)/t17-,19-,20-,21-/m0/s1. The predicted octanol–water partition coefficient (Wildman–Crippen LogP) is 5.36. The minimum atomic E-state index is -1.21. The molecule has 0 spiro atoms. The van der Waals surface area contributed by atoms with Crippen LogP contribution >= 0.6 is 11.6 Å². The Morgan fingerprint density at radius 2 is 1.88 bits per heavy atom. The van der Waals surface area contributed by atoms with Crippen LogP contribution in [-0.4, -0.2) is 63.8 Å². The number of likely N-dealkylation sites (tertiary alicyclic amines) is 1. The van der Waals surface area contributed by atoms with Gasteiger partial charge in [0.25, 0.3) is 5.91 Å². The van der Waals surface area contributed by atoms with E-state index in [9.17, 15) is 18.8 Å². The van der Waals surface area contributed by atoms with Crippen LogP contribution in [0.25, 0.3) is 10.9 Å². The number of aromatic nitrogens is 1. The van der Waals surface area contributed by atoms with Crippen molar-refractivity contribution in [2.24, 2.45) is 13.0 Å². The number of nitrogens with one attached hydrogen (secondary N) is 1. The number of aliphatic carboxylic acids is 1. The van der Waals surface area contributed by atoms with E-state index in [0.29, 0.717) is 31.2 Å². The summed E-state index contributed by atoms with van der Waals surface area (Å²) in [4.78, 5) is 38.7. The number of ether oxygens (including phenoxy) is 1. The van der Waals surface area contributed by atoms with Crippen LogP contribution in [0.1, 0.15) is 48.0 Å². The van der Waals surface area contributed by atoms with Crippen molar-refractivity contribution in [3.8, 4) is 0 Å². The van der Waals surface area contributed by atoms with Crippen molar-refractivity contribution in [1.29, 1.82) is 0 Å². The molecule has 2 atom stereocenters. The summed E-state index contributed by atoms with van der Waals surface area (Å²) in [6.45, 7) is 0.0318. The molecule has 1 saturated carbocycles. The molecule has 2 fully saturated rings. The molecule has 1 saturated heterocycles. The molecule has 0 bridgehead atoms. The largest absolute Gasteiger partial charge is 0.481 e. The van der Waals surface area contributed by atoms with Crippen molar-refractivity contribution in [2.75, 3.05) is 18.5 Å². The summed E-state index contributed by atoms with van der Waals surface area (Å²) < 4.78 is 37.2. The molecule has 0 radical (unpaired) electrons. The maximum absolute atomic E-state index is 15.1. The van der Waals surface area contributed by atoms with Crippen molar-refractivity contribution in [2.45, 2.75) is 56.8 Å². The third kappa shape index (κ3) is 6.38. The zero-order chi connectivity index (χ0) is 29.3. The molecule has 0 unspecified atom stereocenters. The summed E-state index contributed by atoms with van der Waals surface area (Å²) in [5.41, 5.74) is 1.40. The summed E-state index contributed by atoms with van der Waals surface area (Å²) in [6, 6.07) is 9.31. The van der Waals surface area contributed by atoms with E-state index < -0.39 is 35.8 Å². The van der Waals surface area contributed by atoms with Gasteiger partial charge in [-0.2, -0.15) is 0 Å². The van der Waals surface area contributed by atoms with Crippen LogP contribution in [-0.2, 0) is 27.8 Å². The Kier molecular flexibility index (Phi) is 8.60. The Labute approximate surface area is 241 Å². The minimum absolute atomic E-state index is 0.0390. The van der Waals surface area contributed by atoms with E-state index in [1.165, 1.54) is 11.0 Å². The van der Waals surface area contributed by atoms with Crippen LogP contribution in [0, 0.1) is 11.7 Å². The molecule has 8 nitrogen and oxygen atoms in total. The predicted molar refractivity (Wildman–Crippen MR) is 150 cm³/mol. The number of carboxylic acids is 1. The van der Waals surface area contributed by atoms with Gasteiger partial charge in [0, 0.05) is 30.6 Å². The summed E-state index contributed by atoms with van der Waals surface area (Å²) in [5.74, 6) is -2.78. The van der Waals surface area contributed by atoms with Crippen molar-refractivity contribution >= 4 is 46.0 Å². The number of amides is 2. The first-order valence-corrected chi connectivity index (χ1v) is 14.1. The zero-order valence-corrected chi connectivity index (χ0v) is 23.4.